The molecular weight excluding hydrogens is 338 g/mol. The number of aryl methyl sites for hydroxylation is 1. The van der Waals surface area contributed by atoms with Crippen LogP contribution in [0.15, 0.2) is 59.6 Å². The van der Waals surface area contributed by atoms with Crippen molar-refractivity contribution >= 4 is 26.9 Å². The Morgan fingerprint density at radius 3 is 2.48 bits per heavy atom. The fourth-order valence-electron chi connectivity index (χ4n) is 3.33. The molecule has 2 atom stereocenters. The number of hydrogen-bond donors (Lipinski definition) is 1. The van der Waals surface area contributed by atoms with Crippen molar-refractivity contribution in [2.24, 2.45) is 5.92 Å². The number of carboxylic acids is 1. The highest BCUT2D eigenvalue weighted by molar-refractivity contribution is 7.90. The molecule has 2 unspecified atom stereocenters. The van der Waals surface area contributed by atoms with Crippen LogP contribution in [-0.4, -0.2) is 23.5 Å². The molecule has 2 aromatic carbocycles. The third kappa shape index (κ3) is 2.53. The molecule has 5 nitrogen and oxygen atoms in total. The minimum Gasteiger partial charge on any atom is -0.481 e. The summed E-state index contributed by atoms with van der Waals surface area (Å²) in [6.45, 7) is 1.90. The molecule has 25 heavy (non-hydrogen) atoms. The second-order valence-electron chi connectivity index (χ2n) is 6.50. The van der Waals surface area contributed by atoms with E-state index in [9.17, 15) is 18.3 Å². The zero-order valence-electron chi connectivity index (χ0n) is 13.6. The van der Waals surface area contributed by atoms with Crippen LogP contribution in [0.2, 0.25) is 0 Å². The Kier molecular flexibility index (Phi) is 3.47. The van der Waals surface area contributed by atoms with Crippen molar-refractivity contribution in [1.82, 2.24) is 3.97 Å². The number of aliphatic carboxylic acids is 1. The van der Waals surface area contributed by atoms with Gasteiger partial charge in [-0.3, -0.25) is 4.79 Å². The third-order valence-corrected chi connectivity index (χ3v) is 6.48. The van der Waals surface area contributed by atoms with Gasteiger partial charge in [-0.05, 0) is 37.1 Å². The van der Waals surface area contributed by atoms with E-state index < -0.39 is 21.9 Å². The molecule has 4 rings (SSSR count). The van der Waals surface area contributed by atoms with Gasteiger partial charge in [-0.15, -0.1) is 0 Å². The van der Waals surface area contributed by atoms with E-state index in [0.29, 0.717) is 11.9 Å². The van der Waals surface area contributed by atoms with Crippen molar-refractivity contribution in [2.75, 3.05) is 0 Å². The normalized spacial score (nSPS) is 19.9. The number of aromatic nitrogens is 1. The van der Waals surface area contributed by atoms with Crippen LogP contribution in [0.1, 0.15) is 23.5 Å². The van der Waals surface area contributed by atoms with Crippen LogP contribution in [0.4, 0.5) is 0 Å². The van der Waals surface area contributed by atoms with Crippen molar-refractivity contribution in [3.8, 4) is 0 Å². The number of fused-ring (bicyclic) bond motifs is 1. The van der Waals surface area contributed by atoms with Crippen molar-refractivity contribution < 1.29 is 18.3 Å². The second-order valence-corrected chi connectivity index (χ2v) is 8.32. The minimum absolute atomic E-state index is 0.136. The molecule has 1 aliphatic carbocycles. The monoisotopic (exact) mass is 355 g/mol. The largest absolute Gasteiger partial charge is 0.481 e. The highest BCUT2D eigenvalue weighted by Crippen LogP contribution is 2.49. The molecule has 0 aliphatic heterocycles. The Bertz CT molecular complexity index is 1080. The number of carboxylic acid groups (broad SMARTS) is 1. The molecule has 0 amide bonds. The number of hydrogen-bond acceptors (Lipinski definition) is 3. The molecule has 1 N–H and O–H groups in total. The van der Waals surface area contributed by atoms with Gasteiger partial charge in [0.05, 0.1) is 16.3 Å². The van der Waals surface area contributed by atoms with Crippen LogP contribution in [0.5, 0.6) is 0 Å². The summed E-state index contributed by atoms with van der Waals surface area (Å²) < 4.78 is 27.4. The maximum absolute atomic E-state index is 13.1. The van der Waals surface area contributed by atoms with E-state index in [2.05, 4.69) is 0 Å². The molecule has 0 bridgehead atoms. The summed E-state index contributed by atoms with van der Waals surface area (Å²) in [6.07, 6.45) is 2.09. The predicted molar refractivity (Wildman–Crippen MR) is 94.2 cm³/mol. The fourth-order valence-corrected chi connectivity index (χ4v) is 4.71. The van der Waals surface area contributed by atoms with Gasteiger partial charge in [0.25, 0.3) is 10.0 Å². The maximum atomic E-state index is 13.1. The maximum Gasteiger partial charge on any atom is 0.307 e. The molecule has 1 heterocycles. The van der Waals surface area contributed by atoms with Crippen LogP contribution < -0.4 is 0 Å². The van der Waals surface area contributed by atoms with Crippen LogP contribution in [0.25, 0.3) is 10.9 Å². The summed E-state index contributed by atoms with van der Waals surface area (Å²) in [5.41, 5.74) is 2.35. The Balaban J connectivity index is 1.89. The first-order valence-corrected chi connectivity index (χ1v) is 9.48. The van der Waals surface area contributed by atoms with E-state index in [-0.39, 0.29) is 10.8 Å². The zero-order valence-corrected chi connectivity index (χ0v) is 14.4. The summed E-state index contributed by atoms with van der Waals surface area (Å²) in [5, 5.41) is 10.0. The molecule has 128 valence electrons. The fraction of sp³-hybridized carbons (Fsp3) is 0.211. The van der Waals surface area contributed by atoms with Gasteiger partial charge in [0.15, 0.2) is 0 Å². The average molecular weight is 355 g/mol. The zero-order chi connectivity index (χ0) is 17.8. The number of rotatable bonds is 4. The molecule has 0 saturated heterocycles. The third-order valence-electron chi connectivity index (χ3n) is 4.79. The molecule has 6 heteroatoms. The van der Waals surface area contributed by atoms with Gasteiger partial charge in [0.2, 0.25) is 0 Å². The van der Waals surface area contributed by atoms with Crippen LogP contribution in [0, 0.1) is 12.8 Å². The lowest BCUT2D eigenvalue weighted by atomic mass is 10.1. The van der Waals surface area contributed by atoms with Gasteiger partial charge < -0.3 is 5.11 Å². The number of nitrogens with zero attached hydrogens (tertiary/aromatic N) is 1. The average Bonchev–Trinajstić information content (AvgIpc) is 3.26. The molecule has 3 aromatic rings. The molecule has 0 radical (unpaired) electrons. The summed E-state index contributed by atoms with van der Waals surface area (Å²) in [5.74, 6) is -1.40. The van der Waals surface area contributed by atoms with Crippen molar-refractivity contribution in [3.05, 3.63) is 65.9 Å². The quantitative estimate of drug-likeness (QED) is 0.778. The Morgan fingerprint density at radius 1 is 1.12 bits per heavy atom. The van der Waals surface area contributed by atoms with Gasteiger partial charge >= 0.3 is 5.97 Å². The molecular formula is C19H17NO4S. The molecule has 1 saturated carbocycles. The predicted octanol–water partition coefficient (Wildman–Crippen LogP) is 3.37. The van der Waals surface area contributed by atoms with E-state index in [1.807, 2.05) is 25.1 Å². The Hall–Kier alpha value is -2.60. The number of benzene rings is 2. The number of para-hydroxylation sites is 1. The molecule has 1 fully saturated rings. The first kappa shape index (κ1) is 15.9. The SMILES string of the molecule is Cc1ccc(S(=O)(=O)n2ccc3cccc(C4CC4C(=O)O)c32)cc1. The van der Waals surface area contributed by atoms with E-state index >= 15 is 0 Å². The van der Waals surface area contributed by atoms with Gasteiger partial charge in [-0.2, -0.15) is 0 Å². The molecule has 1 aromatic heterocycles. The van der Waals surface area contributed by atoms with Gasteiger partial charge in [0, 0.05) is 17.5 Å². The van der Waals surface area contributed by atoms with Crippen molar-refractivity contribution in [3.63, 3.8) is 0 Å². The molecule has 1 aliphatic rings. The first-order chi connectivity index (χ1) is 11.9. The smallest absolute Gasteiger partial charge is 0.307 e. The van der Waals surface area contributed by atoms with E-state index in [1.165, 1.54) is 3.97 Å². The van der Waals surface area contributed by atoms with Crippen LogP contribution >= 0.6 is 0 Å². The summed E-state index contributed by atoms with van der Waals surface area (Å²) in [4.78, 5) is 11.4. The Labute approximate surface area is 145 Å². The van der Waals surface area contributed by atoms with Gasteiger partial charge in [0.1, 0.15) is 0 Å². The van der Waals surface area contributed by atoms with Crippen molar-refractivity contribution in [2.45, 2.75) is 24.2 Å². The standard InChI is InChI=1S/C19H17NO4S/c1-12-5-7-14(8-6-12)25(23,24)20-10-9-13-3-2-4-15(18(13)20)16-11-17(16)19(21)22/h2-10,16-17H,11H2,1H3,(H,21,22). The second kappa shape index (κ2) is 5.46. The Morgan fingerprint density at radius 2 is 1.84 bits per heavy atom. The molecule has 0 spiro atoms. The lowest BCUT2D eigenvalue weighted by Crippen LogP contribution is -2.13. The van der Waals surface area contributed by atoms with Gasteiger partial charge in [-0.25, -0.2) is 12.4 Å². The first-order valence-electron chi connectivity index (χ1n) is 8.04. The van der Waals surface area contributed by atoms with Gasteiger partial charge in [-0.1, -0.05) is 35.9 Å². The van der Waals surface area contributed by atoms with E-state index in [4.69, 9.17) is 0 Å². The van der Waals surface area contributed by atoms with E-state index in [0.717, 1.165) is 16.5 Å². The van der Waals surface area contributed by atoms with Crippen LogP contribution in [0.3, 0.4) is 0 Å². The minimum atomic E-state index is -3.74. The topological polar surface area (TPSA) is 76.4 Å². The summed E-state index contributed by atoms with van der Waals surface area (Å²) in [7, 11) is -3.74. The highest BCUT2D eigenvalue weighted by atomic mass is 32.2. The summed E-state index contributed by atoms with van der Waals surface area (Å²) in [6, 6.07) is 14.0. The highest BCUT2D eigenvalue weighted by Gasteiger charge is 2.45. The van der Waals surface area contributed by atoms with Crippen LogP contribution in [-0.2, 0) is 14.8 Å². The van der Waals surface area contributed by atoms with Crippen molar-refractivity contribution in [1.29, 1.82) is 0 Å². The summed E-state index contributed by atoms with van der Waals surface area (Å²) >= 11 is 0. The lowest BCUT2D eigenvalue weighted by molar-refractivity contribution is -0.138. The van der Waals surface area contributed by atoms with E-state index in [1.54, 1.807) is 36.5 Å². The lowest BCUT2D eigenvalue weighted by Gasteiger charge is -2.11. The number of carbonyl (C=O) groups is 1.